The first-order chi connectivity index (χ1) is 1.41. The molecule has 0 aromatic heterocycles. The molecule has 0 bridgehead atoms. The molecule has 0 saturated heterocycles. The van der Waals surface area contributed by atoms with Crippen molar-refractivity contribution in [3.05, 3.63) is 12.7 Å². The van der Waals surface area contributed by atoms with Gasteiger partial charge in [0.25, 0.3) is 0 Å². The van der Waals surface area contributed by atoms with Crippen LogP contribution in [-0.2, 0) is 0 Å². The van der Waals surface area contributed by atoms with Gasteiger partial charge in [-0.2, -0.15) is 0 Å². The van der Waals surface area contributed by atoms with Crippen molar-refractivity contribution in [3.8, 4) is 0 Å². The first kappa shape index (κ1) is 45.7. The molecule has 3 heteroatoms. The molecular weight excluding hydrogens is 80.0 g/mol. The van der Waals surface area contributed by atoms with Crippen molar-refractivity contribution >= 4 is 0 Å². The summed E-state index contributed by atoms with van der Waals surface area (Å²) >= 11 is 0. The molecule has 0 aromatic rings. The van der Waals surface area contributed by atoms with Crippen molar-refractivity contribution in [1.29, 1.82) is 0 Å². The largest absolute Gasteiger partial charge is 0.412 e. The minimum Gasteiger partial charge on any atom is -0.412 e. The van der Waals surface area contributed by atoms with Gasteiger partial charge in [-0.3, -0.25) is 0 Å². The second kappa shape index (κ2) is 157. The van der Waals surface area contributed by atoms with Crippen molar-refractivity contribution in [1.82, 2.24) is 12.3 Å². The molecule has 8 N–H and O–H groups in total. The molecule has 0 aliphatic heterocycles. The smallest absolute Gasteiger partial charge is 0.0473 e. The van der Waals surface area contributed by atoms with E-state index in [1.54, 1.807) is 6.08 Å². The standard InChI is InChI=1S/C3H6.2H3N.H2O/c1-3-2;;;/h3H,1H2,2H3;2*1H3;1H2. The number of allylic oxidation sites excluding steroid dienone is 1. The minimum absolute atomic E-state index is 0. The lowest BCUT2D eigenvalue weighted by Gasteiger charge is -1.31. The first-order valence-corrected chi connectivity index (χ1v) is 0.986. The van der Waals surface area contributed by atoms with Crippen LogP contribution in [0.5, 0.6) is 0 Å². The van der Waals surface area contributed by atoms with Crippen molar-refractivity contribution < 1.29 is 5.48 Å². The highest BCUT2D eigenvalue weighted by atomic mass is 16.0. The topological polar surface area (TPSA) is 102 Å². The maximum absolute atomic E-state index is 3.36. The first-order valence-electron chi connectivity index (χ1n) is 0.986. The summed E-state index contributed by atoms with van der Waals surface area (Å²) in [6.07, 6.45) is 1.75. The van der Waals surface area contributed by atoms with Gasteiger partial charge in [0.05, 0.1) is 0 Å². The fraction of sp³-hybridized carbons (Fsp3) is 0.333. The second-order valence-electron chi connectivity index (χ2n) is 0.408. The van der Waals surface area contributed by atoms with E-state index in [0.717, 1.165) is 0 Å². The Morgan fingerprint density at radius 1 is 1.33 bits per heavy atom. The summed E-state index contributed by atoms with van der Waals surface area (Å²) in [5, 5.41) is 0. The Labute approximate surface area is 38.5 Å². The molecule has 0 aliphatic rings. The van der Waals surface area contributed by atoms with E-state index < -0.39 is 0 Å². The van der Waals surface area contributed by atoms with Crippen LogP contribution in [0.15, 0.2) is 12.7 Å². The van der Waals surface area contributed by atoms with E-state index in [1.807, 2.05) is 6.92 Å². The van der Waals surface area contributed by atoms with Gasteiger partial charge in [-0.15, -0.1) is 6.58 Å². The summed E-state index contributed by atoms with van der Waals surface area (Å²) in [7, 11) is 0. The van der Waals surface area contributed by atoms with Crippen LogP contribution < -0.4 is 12.3 Å². The molecule has 0 fully saturated rings. The van der Waals surface area contributed by atoms with E-state index in [2.05, 4.69) is 6.58 Å². The molecule has 0 amide bonds. The molecule has 42 valence electrons. The number of hydrogen-bond donors (Lipinski definition) is 2. The van der Waals surface area contributed by atoms with Gasteiger partial charge in [0.2, 0.25) is 0 Å². The summed E-state index contributed by atoms with van der Waals surface area (Å²) in [6, 6.07) is 0. The van der Waals surface area contributed by atoms with E-state index >= 15 is 0 Å². The molecule has 3 nitrogen and oxygen atoms in total. The summed E-state index contributed by atoms with van der Waals surface area (Å²) in [5.41, 5.74) is 0. The highest BCUT2D eigenvalue weighted by Crippen LogP contribution is 1.38. The van der Waals surface area contributed by atoms with Crippen molar-refractivity contribution in [2.24, 2.45) is 0 Å². The van der Waals surface area contributed by atoms with E-state index in [0.29, 0.717) is 0 Å². The van der Waals surface area contributed by atoms with Gasteiger partial charge in [0, 0.05) is 0 Å². The lowest BCUT2D eigenvalue weighted by atomic mass is 10.8. The Balaban J connectivity index is -0.00000000667. The zero-order valence-corrected chi connectivity index (χ0v) is 4.20. The van der Waals surface area contributed by atoms with Crippen LogP contribution in [0.3, 0.4) is 0 Å². The predicted octanol–water partition coefficient (Wildman–Crippen LogP) is 0.692. The van der Waals surface area contributed by atoms with Crippen LogP contribution in [0, 0.1) is 0 Å². The highest BCUT2D eigenvalue weighted by molar-refractivity contribution is 4.51. The van der Waals surface area contributed by atoms with Gasteiger partial charge in [0.15, 0.2) is 0 Å². The summed E-state index contributed by atoms with van der Waals surface area (Å²) < 4.78 is 0. The Bertz CT molecular complexity index is 16.3. The molecule has 0 rings (SSSR count). The Morgan fingerprint density at radius 3 is 1.33 bits per heavy atom. The third-order valence-corrected chi connectivity index (χ3v) is 0. The van der Waals surface area contributed by atoms with E-state index in [9.17, 15) is 0 Å². The molecular formula is C3H14N2O. The van der Waals surface area contributed by atoms with Gasteiger partial charge in [-0.1, -0.05) is 6.08 Å². The van der Waals surface area contributed by atoms with E-state index in [-0.39, 0.29) is 17.8 Å². The van der Waals surface area contributed by atoms with Gasteiger partial charge < -0.3 is 17.8 Å². The third kappa shape index (κ3) is 172. The molecule has 0 aliphatic carbocycles. The maximum atomic E-state index is 3.36. The van der Waals surface area contributed by atoms with Crippen molar-refractivity contribution in [2.75, 3.05) is 0 Å². The SMILES string of the molecule is C=CC.N.N.O. The average molecular weight is 94.2 g/mol. The zero-order valence-electron chi connectivity index (χ0n) is 4.20. The van der Waals surface area contributed by atoms with Gasteiger partial charge in [-0.05, 0) is 6.92 Å². The Hall–Kier alpha value is -0.380. The molecule has 6 heavy (non-hydrogen) atoms. The lowest BCUT2D eigenvalue weighted by molar-refractivity contribution is 0.824. The van der Waals surface area contributed by atoms with Crippen LogP contribution in [0.2, 0.25) is 0 Å². The fourth-order valence-corrected chi connectivity index (χ4v) is 0. The van der Waals surface area contributed by atoms with E-state index in [1.165, 1.54) is 0 Å². The lowest BCUT2D eigenvalue weighted by Crippen LogP contribution is -1.07. The highest BCUT2D eigenvalue weighted by Gasteiger charge is 1.15. The van der Waals surface area contributed by atoms with Gasteiger partial charge >= 0.3 is 0 Å². The van der Waals surface area contributed by atoms with E-state index in [4.69, 9.17) is 0 Å². The molecule has 0 heterocycles. The summed E-state index contributed by atoms with van der Waals surface area (Å²) in [6.45, 7) is 5.25. The van der Waals surface area contributed by atoms with Crippen LogP contribution in [0.25, 0.3) is 0 Å². The number of hydrogen-bond acceptors (Lipinski definition) is 2. The predicted molar refractivity (Wildman–Crippen MR) is 29.5 cm³/mol. The Kier molecular flexibility index (Phi) is 1200. The van der Waals surface area contributed by atoms with Gasteiger partial charge in [-0.25, -0.2) is 0 Å². The number of rotatable bonds is 0. The average Bonchev–Trinajstić information content (AvgIpc) is 0.918. The summed E-state index contributed by atoms with van der Waals surface area (Å²) in [4.78, 5) is 0. The van der Waals surface area contributed by atoms with Crippen LogP contribution in [-0.4, -0.2) is 5.48 Å². The quantitative estimate of drug-likeness (QED) is 0.431. The fourth-order valence-electron chi connectivity index (χ4n) is 0. The second-order valence-corrected chi connectivity index (χ2v) is 0.408. The van der Waals surface area contributed by atoms with Crippen molar-refractivity contribution in [2.45, 2.75) is 6.92 Å². The zero-order chi connectivity index (χ0) is 2.71. The summed E-state index contributed by atoms with van der Waals surface area (Å²) in [5.74, 6) is 0. The molecule has 0 radical (unpaired) electrons. The van der Waals surface area contributed by atoms with Gasteiger partial charge in [0.1, 0.15) is 0 Å². The Morgan fingerprint density at radius 2 is 1.33 bits per heavy atom. The molecule has 0 atom stereocenters. The molecule has 0 aromatic carbocycles. The molecule has 0 saturated carbocycles. The van der Waals surface area contributed by atoms with Crippen molar-refractivity contribution in [3.63, 3.8) is 0 Å². The molecule has 0 spiro atoms. The van der Waals surface area contributed by atoms with Crippen LogP contribution >= 0.6 is 0 Å². The van der Waals surface area contributed by atoms with Crippen LogP contribution in [0.1, 0.15) is 6.92 Å². The maximum Gasteiger partial charge on any atom is -0.0473 e. The molecule has 0 unspecified atom stereocenters. The monoisotopic (exact) mass is 94.1 g/mol. The minimum atomic E-state index is 0. The van der Waals surface area contributed by atoms with Crippen LogP contribution in [0.4, 0.5) is 0 Å². The normalized spacial score (nSPS) is 2.17. The third-order valence-electron chi connectivity index (χ3n) is 0.